The van der Waals surface area contributed by atoms with Crippen LogP contribution in [0.15, 0.2) is 75.3 Å². The highest BCUT2D eigenvalue weighted by Crippen LogP contribution is 2.32. The van der Waals surface area contributed by atoms with E-state index in [2.05, 4.69) is 0 Å². The SMILES string of the molecule is COc1cccc(OCC(=O)N2CCC[C@H]2C(=O)N2CC3=C(C2)CN(S(=O)(=O)c2ccc4occc4c2)C3)c1. The summed E-state index contributed by atoms with van der Waals surface area (Å²) in [6, 6.07) is 13.1. The Balaban J connectivity index is 1.06. The zero-order valence-electron chi connectivity index (χ0n) is 21.5. The number of carbonyl (C=O) groups is 2. The predicted molar refractivity (Wildman–Crippen MR) is 142 cm³/mol. The maximum atomic E-state index is 13.5. The van der Waals surface area contributed by atoms with Gasteiger partial charge in [-0.15, -0.1) is 0 Å². The van der Waals surface area contributed by atoms with Gasteiger partial charge >= 0.3 is 0 Å². The Morgan fingerprint density at radius 3 is 2.54 bits per heavy atom. The first kappa shape index (κ1) is 25.4. The lowest BCUT2D eigenvalue weighted by Crippen LogP contribution is -2.49. The fourth-order valence-corrected chi connectivity index (χ4v) is 7.04. The molecule has 0 bridgehead atoms. The minimum atomic E-state index is -3.69. The number of methoxy groups -OCH3 is 1. The van der Waals surface area contributed by atoms with Gasteiger partial charge in [0.2, 0.25) is 15.9 Å². The zero-order valence-corrected chi connectivity index (χ0v) is 22.4. The normalized spacial score (nSPS) is 19.7. The number of sulfonamides is 1. The Hall–Kier alpha value is -3.83. The van der Waals surface area contributed by atoms with Crippen molar-refractivity contribution >= 4 is 32.8 Å². The Kier molecular flexibility index (Phi) is 6.56. The van der Waals surface area contributed by atoms with Crippen LogP contribution >= 0.6 is 0 Å². The van der Waals surface area contributed by atoms with E-state index in [-0.39, 0.29) is 36.4 Å². The van der Waals surface area contributed by atoms with Gasteiger partial charge in [0.1, 0.15) is 23.1 Å². The third kappa shape index (κ3) is 4.76. The molecule has 1 atom stereocenters. The Morgan fingerprint density at radius 1 is 1.00 bits per heavy atom. The largest absolute Gasteiger partial charge is 0.497 e. The molecule has 3 aromatic rings. The first-order chi connectivity index (χ1) is 18.8. The molecule has 10 nitrogen and oxygen atoms in total. The molecule has 1 saturated heterocycles. The first-order valence-electron chi connectivity index (χ1n) is 12.9. The Morgan fingerprint density at radius 2 is 1.77 bits per heavy atom. The van der Waals surface area contributed by atoms with Crippen LogP contribution in [0.4, 0.5) is 0 Å². The number of hydrogen-bond donors (Lipinski definition) is 0. The van der Waals surface area contributed by atoms with Crippen LogP contribution in [0, 0.1) is 0 Å². The van der Waals surface area contributed by atoms with Crippen LogP contribution in [-0.2, 0) is 19.6 Å². The van der Waals surface area contributed by atoms with Gasteiger partial charge in [-0.3, -0.25) is 9.59 Å². The van der Waals surface area contributed by atoms with Crippen molar-refractivity contribution in [2.45, 2.75) is 23.8 Å². The third-order valence-electron chi connectivity index (χ3n) is 7.63. The van der Waals surface area contributed by atoms with Crippen molar-refractivity contribution in [2.75, 3.05) is 46.4 Å². The highest BCUT2D eigenvalue weighted by molar-refractivity contribution is 7.89. The van der Waals surface area contributed by atoms with Crippen molar-refractivity contribution in [3.05, 3.63) is 65.9 Å². The van der Waals surface area contributed by atoms with Gasteiger partial charge in [-0.25, -0.2) is 8.42 Å². The number of ether oxygens (including phenoxy) is 2. The van der Waals surface area contributed by atoms with Gasteiger partial charge in [-0.2, -0.15) is 4.31 Å². The summed E-state index contributed by atoms with van der Waals surface area (Å²) in [4.78, 5) is 30.0. The van der Waals surface area contributed by atoms with Crippen LogP contribution in [0.25, 0.3) is 11.0 Å². The van der Waals surface area contributed by atoms with Gasteiger partial charge in [-0.05, 0) is 60.4 Å². The van der Waals surface area contributed by atoms with Gasteiger partial charge in [-0.1, -0.05) is 6.07 Å². The Bertz CT molecular complexity index is 1560. The lowest BCUT2D eigenvalue weighted by molar-refractivity contribution is -0.144. The molecule has 11 heteroatoms. The minimum absolute atomic E-state index is 0.101. The van der Waals surface area contributed by atoms with E-state index in [0.717, 1.165) is 23.0 Å². The van der Waals surface area contributed by atoms with Gasteiger partial charge in [0.25, 0.3) is 5.91 Å². The average molecular weight is 552 g/mol. The second kappa shape index (κ2) is 10.0. The van der Waals surface area contributed by atoms with Crippen molar-refractivity contribution in [3.8, 4) is 11.5 Å². The molecule has 1 aromatic heterocycles. The number of amides is 2. The molecule has 2 aromatic carbocycles. The lowest BCUT2D eigenvalue weighted by Gasteiger charge is -2.29. The predicted octanol–water partition coefficient (Wildman–Crippen LogP) is 2.65. The molecule has 3 aliphatic heterocycles. The summed E-state index contributed by atoms with van der Waals surface area (Å²) >= 11 is 0. The van der Waals surface area contributed by atoms with Crippen molar-refractivity contribution in [1.29, 1.82) is 0 Å². The summed E-state index contributed by atoms with van der Waals surface area (Å²) in [7, 11) is -2.12. The number of carbonyl (C=O) groups excluding carboxylic acids is 2. The summed E-state index contributed by atoms with van der Waals surface area (Å²) in [6.45, 7) is 1.60. The van der Waals surface area contributed by atoms with E-state index in [0.29, 0.717) is 43.1 Å². The molecule has 1 fully saturated rings. The monoisotopic (exact) mass is 551 g/mol. The van der Waals surface area contributed by atoms with Crippen LogP contribution in [0.1, 0.15) is 12.8 Å². The molecule has 0 radical (unpaired) electrons. The maximum absolute atomic E-state index is 13.5. The zero-order chi connectivity index (χ0) is 27.1. The highest BCUT2D eigenvalue weighted by Gasteiger charge is 2.42. The lowest BCUT2D eigenvalue weighted by atomic mass is 10.2. The highest BCUT2D eigenvalue weighted by atomic mass is 32.2. The second-order valence-electron chi connectivity index (χ2n) is 10.0. The van der Waals surface area contributed by atoms with Crippen LogP contribution in [0.5, 0.6) is 11.5 Å². The maximum Gasteiger partial charge on any atom is 0.261 e. The number of furan rings is 1. The Labute approximate surface area is 226 Å². The molecule has 4 heterocycles. The number of hydrogen-bond acceptors (Lipinski definition) is 7. The quantitative estimate of drug-likeness (QED) is 0.415. The van der Waals surface area contributed by atoms with Gasteiger partial charge in [0, 0.05) is 44.2 Å². The van der Waals surface area contributed by atoms with Crippen molar-refractivity contribution in [1.82, 2.24) is 14.1 Å². The van der Waals surface area contributed by atoms with E-state index in [1.165, 1.54) is 10.6 Å². The number of likely N-dealkylation sites (tertiary alicyclic amines) is 1. The van der Waals surface area contributed by atoms with E-state index >= 15 is 0 Å². The molecule has 39 heavy (non-hydrogen) atoms. The molecule has 0 saturated carbocycles. The van der Waals surface area contributed by atoms with E-state index in [9.17, 15) is 18.0 Å². The molecule has 0 unspecified atom stereocenters. The van der Waals surface area contributed by atoms with E-state index in [1.807, 2.05) is 0 Å². The van der Waals surface area contributed by atoms with Crippen molar-refractivity contribution in [3.63, 3.8) is 0 Å². The number of fused-ring (bicyclic) bond motifs is 1. The number of rotatable bonds is 7. The molecule has 6 rings (SSSR count). The molecule has 0 aliphatic carbocycles. The van der Waals surface area contributed by atoms with Crippen molar-refractivity contribution in [2.24, 2.45) is 0 Å². The van der Waals surface area contributed by atoms with Crippen molar-refractivity contribution < 1.29 is 31.9 Å². The summed E-state index contributed by atoms with van der Waals surface area (Å²) in [5.41, 5.74) is 2.54. The fourth-order valence-electron chi connectivity index (χ4n) is 5.58. The van der Waals surface area contributed by atoms with Crippen LogP contribution < -0.4 is 9.47 Å². The summed E-state index contributed by atoms with van der Waals surface area (Å²) in [5.74, 6) is 0.819. The van der Waals surface area contributed by atoms with E-state index in [4.69, 9.17) is 13.9 Å². The smallest absolute Gasteiger partial charge is 0.261 e. The molecule has 0 N–H and O–H groups in total. The van der Waals surface area contributed by atoms with Crippen LogP contribution in [0.2, 0.25) is 0 Å². The molecule has 3 aliphatic rings. The molecule has 204 valence electrons. The standard InChI is InChI=1S/C28H29N3O7S/c1-36-22-4-2-5-23(13-22)38-18-27(32)31-10-3-6-25(31)28(33)29-14-20-16-30(17-21(20)15-29)39(34,35)24-7-8-26-19(12-24)9-11-37-26/h2,4-5,7-9,11-13,25H,3,6,10,14-18H2,1H3/t25-/m0/s1. The number of nitrogens with zero attached hydrogens (tertiary/aromatic N) is 3. The third-order valence-corrected chi connectivity index (χ3v) is 9.42. The molecular formula is C28H29N3O7S. The second-order valence-corrected chi connectivity index (χ2v) is 11.9. The summed E-state index contributed by atoms with van der Waals surface area (Å²) in [5, 5.41) is 0.733. The molecule has 2 amide bonds. The van der Waals surface area contributed by atoms with E-state index < -0.39 is 16.1 Å². The molecule has 0 spiro atoms. The summed E-state index contributed by atoms with van der Waals surface area (Å²) in [6.07, 6.45) is 2.88. The van der Waals surface area contributed by atoms with Gasteiger partial charge in [0.15, 0.2) is 6.61 Å². The van der Waals surface area contributed by atoms with E-state index in [1.54, 1.807) is 65.4 Å². The number of benzene rings is 2. The average Bonchev–Trinajstić information content (AvgIpc) is 3.74. The summed E-state index contributed by atoms with van der Waals surface area (Å²) < 4.78 is 44.2. The molecular weight excluding hydrogens is 522 g/mol. The van der Waals surface area contributed by atoms with Crippen LogP contribution in [0.3, 0.4) is 0 Å². The first-order valence-corrected chi connectivity index (χ1v) is 14.3. The van der Waals surface area contributed by atoms with Gasteiger partial charge in [0.05, 0.1) is 18.3 Å². The minimum Gasteiger partial charge on any atom is -0.497 e. The van der Waals surface area contributed by atoms with Gasteiger partial charge < -0.3 is 23.7 Å². The van der Waals surface area contributed by atoms with Crippen LogP contribution in [-0.4, -0.2) is 86.8 Å². The fraction of sp³-hybridized carbons (Fsp3) is 0.357. The topological polar surface area (TPSA) is 110 Å².